The Morgan fingerprint density at radius 3 is 2.41 bits per heavy atom. The van der Waals surface area contributed by atoms with Crippen molar-refractivity contribution in [3.63, 3.8) is 0 Å². The van der Waals surface area contributed by atoms with Crippen LogP contribution in [0.3, 0.4) is 0 Å². The minimum absolute atomic E-state index is 0.218. The molecule has 3 rings (SSSR count). The van der Waals surface area contributed by atoms with Crippen LogP contribution in [0.2, 0.25) is 0 Å². The maximum Gasteiger partial charge on any atom is 0.322 e. The predicted molar refractivity (Wildman–Crippen MR) is 80.2 cm³/mol. The van der Waals surface area contributed by atoms with Crippen LogP contribution in [0.4, 0.5) is 6.01 Å². The lowest BCUT2D eigenvalue weighted by Gasteiger charge is -2.05. The van der Waals surface area contributed by atoms with Gasteiger partial charge in [-0.1, -0.05) is 54.5 Å². The van der Waals surface area contributed by atoms with Crippen LogP contribution in [-0.4, -0.2) is 20.3 Å². The van der Waals surface area contributed by atoms with E-state index < -0.39 is 0 Å². The van der Waals surface area contributed by atoms with Crippen LogP contribution in [0, 0.1) is 0 Å². The molecule has 0 aliphatic heterocycles. The molecule has 0 fully saturated rings. The second kappa shape index (κ2) is 5.97. The van der Waals surface area contributed by atoms with Crippen LogP contribution in [0.25, 0.3) is 11.4 Å². The lowest BCUT2D eigenvalue weighted by atomic mass is 10.2. The Bertz CT molecular complexity index is 735. The number of nitrogens with zero attached hydrogens (tertiary/aromatic N) is 4. The lowest BCUT2D eigenvalue weighted by molar-refractivity contribution is 0.356. The Kier molecular flexibility index (Phi) is 3.86. The first-order chi connectivity index (χ1) is 10.6. The molecule has 1 atom stereocenters. The number of hydrogen-bond acceptors (Lipinski definition) is 7. The highest BCUT2D eigenvalue weighted by molar-refractivity contribution is 5.54. The van der Waals surface area contributed by atoms with E-state index in [1.807, 2.05) is 51.1 Å². The van der Waals surface area contributed by atoms with Crippen molar-refractivity contribution in [3.05, 3.63) is 42.0 Å². The molecular formula is C15H17N5O2. The Hall–Kier alpha value is -2.70. The molecule has 7 heteroatoms. The summed E-state index contributed by atoms with van der Waals surface area (Å²) in [6.07, 6.45) is 0. The minimum atomic E-state index is -0.218. The monoisotopic (exact) mass is 299 g/mol. The summed E-state index contributed by atoms with van der Waals surface area (Å²) < 4.78 is 10.4. The molecule has 0 aliphatic rings. The first-order valence-corrected chi connectivity index (χ1v) is 7.12. The van der Waals surface area contributed by atoms with Crippen LogP contribution < -0.4 is 5.32 Å². The average Bonchev–Trinajstić information content (AvgIpc) is 3.17. The predicted octanol–water partition coefficient (Wildman–Crippen LogP) is 3.42. The van der Waals surface area contributed by atoms with Gasteiger partial charge in [-0.3, -0.25) is 0 Å². The fourth-order valence-electron chi connectivity index (χ4n) is 1.89. The van der Waals surface area contributed by atoms with Crippen molar-refractivity contribution in [2.45, 2.75) is 32.7 Å². The number of hydrogen-bond donors (Lipinski definition) is 1. The van der Waals surface area contributed by atoms with E-state index in [-0.39, 0.29) is 12.0 Å². The highest BCUT2D eigenvalue weighted by Gasteiger charge is 2.18. The normalized spacial score (nSPS) is 12.5. The fraction of sp³-hybridized carbons (Fsp3) is 0.333. The van der Waals surface area contributed by atoms with E-state index >= 15 is 0 Å². The van der Waals surface area contributed by atoms with Crippen molar-refractivity contribution in [2.24, 2.45) is 0 Å². The highest BCUT2D eigenvalue weighted by Crippen LogP contribution is 2.21. The molecule has 0 aliphatic carbocycles. The Morgan fingerprint density at radius 2 is 1.73 bits per heavy atom. The van der Waals surface area contributed by atoms with E-state index in [0.29, 0.717) is 23.6 Å². The van der Waals surface area contributed by atoms with Gasteiger partial charge in [-0.15, -0.1) is 0 Å². The molecule has 0 bridgehead atoms. The second-order valence-electron chi connectivity index (χ2n) is 5.30. The zero-order valence-corrected chi connectivity index (χ0v) is 12.6. The van der Waals surface area contributed by atoms with Crippen LogP contribution >= 0.6 is 0 Å². The molecule has 7 nitrogen and oxygen atoms in total. The first-order valence-electron chi connectivity index (χ1n) is 7.12. The summed E-state index contributed by atoms with van der Waals surface area (Å²) in [4.78, 5) is 8.65. The quantitative estimate of drug-likeness (QED) is 0.772. The Balaban J connectivity index is 1.71. The zero-order valence-electron chi connectivity index (χ0n) is 12.6. The molecule has 114 valence electrons. The van der Waals surface area contributed by atoms with Crippen LogP contribution in [0.1, 0.15) is 44.4 Å². The van der Waals surface area contributed by atoms with Crippen molar-refractivity contribution in [3.8, 4) is 11.4 Å². The summed E-state index contributed by atoms with van der Waals surface area (Å²) in [7, 11) is 0. The molecule has 0 amide bonds. The van der Waals surface area contributed by atoms with Crippen LogP contribution in [0.15, 0.2) is 39.4 Å². The number of aromatic nitrogens is 4. The molecule has 3 aromatic rings. The standard InChI is InChI=1S/C15H17N5O2/c1-9(2)12-17-14(21-19-12)10(3)16-15-18-13(20-22-15)11-7-5-4-6-8-11/h4-10H,1-3H3,(H,16,18,20). The van der Waals surface area contributed by atoms with E-state index in [2.05, 4.69) is 25.6 Å². The molecule has 0 spiro atoms. The molecule has 22 heavy (non-hydrogen) atoms. The van der Waals surface area contributed by atoms with Gasteiger partial charge < -0.3 is 14.4 Å². The number of nitrogens with one attached hydrogen (secondary N) is 1. The smallest absolute Gasteiger partial charge is 0.322 e. The van der Waals surface area contributed by atoms with Gasteiger partial charge in [0.2, 0.25) is 11.7 Å². The summed E-state index contributed by atoms with van der Waals surface area (Å²) >= 11 is 0. The largest absolute Gasteiger partial charge is 0.337 e. The van der Waals surface area contributed by atoms with Crippen molar-refractivity contribution in [1.82, 2.24) is 20.3 Å². The van der Waals surface area contributed by atoms with Crippen LogP contribution in [0.5, 0.6) is 0 Å². The van der Waals surface area contributed by atoms with Crippen molar-refractivity contribution < 1.29 is 9.05 Å². The van der Waals surface area contributed by atoms with Crippen LogP contribution in [-0.2, 0) is 0 Å². The summed E-state index contributed by atoms with van der Waals surface area (Å²) in [5.74, 6) is 1.92. The number of benzene rings is 1. The third-order valence-electron chi connectivity index (χ3n) is 3.14. The molecule has 0 saturated carbocycles. The molecule has 1 unspecified atom stereocenters. The van der Waals surface area contributed by atoms with Gasteiger partial charge in [-0.2, -0.15) is 9.97 Å². The fourth-order valence-corrected chi connectivity index (χ4v) is 1.89. The van der Waals surface area contributed by atoms with Gasteiger partial charge in [-0.05, 0) is 6.92 Å². The van der Waals surface area contributed by atoms with Gasteiger partial charge in [0.05, 0.1) is 0 Å². The van der Waals surface area contributed by atoms with Gasteiger partial charge in [0.15, 0.2) is 5.82 Å². The van der Waals surface area contributed by atoms with Crippen molar-refractivity contribution in [1.29, 1.82) is 0 Å². The van der Waals surface area contributed by atoms with Crippen molar-refractivity contribution in [2.75, 3.05) is 5.32 Å². The molecule has 2 aromatic heterocycles. The summed E-state index contributed by atoms with van der Waals surface area (Å²) in [5.41, 5.74) is 0.895. The molecule has 2 heterocycles. The van der Waals surface area contributed by atoms with E-state index in [1.165, 1.54) is 0 Å². The first kappa shape index (κ1) is 14.2. The maximum absolute atomic E-state index is 5.24. The van der Waals surface area contributed by atoms with Gasteiger partial charge in [0.1, 0.15) is 6.04 Å². The van der Waals surface area contributed by atoms with Gasteiger partial charge in [-0.25, -0.2) is 0 Å². The SMILES string of the molecule is CC(C)c1noc(C(C)Nc2nc(-c3ccccc3)no2)n1. The van der Waals surface area contributed by atoms with Gasteiger partial charge in [0.25, 0.3) is 0 Å². The minimum Gasteiger partial charge on any atom is -0.337 e. The zero-order chi connectivity index (χ0) is 15.5. The molecule has 0 saturated heterocycles. The van der Waals surface area contributed by atoms with Gasteiger partial charge in [0, 0.05) is 11.5 Å². The van der Waals surface area contributed by atoms with E-state index in [4.69, 9.17) is 9.05 Å². The molecular weight excluding hydrogens is 282 g/mol. The number of rotatable bonds is 5. The lowest BCUT2D eigenvalue weighted by Crippen LogP contribution is -2.07. The Labute approximate surface area is 127 Å². The third kappa shape index (κ3) is 2.98. The Morgan fingerprint density at radius 1 is 0.955 bits per heavy atom. The van der Waals surface area contributed by atoms with E-state index in [1.54, 1.807) is 0 Å². The third-order valence-corrected chi connectivity index (χ3v) is 3.14. The molecule has 1 aromatic carbocycles. The van der Waals surface area contributed by atoms with E-state index in [9.17, 15) is 0 Å². The van der Waals surface area contributed by atoms with E-state index in [0.717, 1.165) is 5.56 Å². The molecule has 0 radical (unpaired) electrons. The summed E-state index contributed by atoms with van der Waals surface area (Å²) in [6.45, 7) is 5.91. The number of anilines is 1. The van der Waals surface area contributed by atoms with Gasteiger partial charge >= 0.3 is 6.01 Å². The topological polar surface area (TPSA) is 89.9 Å². The second-order valence-corrected chi connectivity index (χ2v) is 5.30. The maximum atomic E-state index is 5.24. The van der Waals surface area contributed by atoms with Crippen molar-refractivity contribution >= 4 is 6.01 Å². The summed E-state index contributed by atoms with van der Waals surface area (Å²) in [6, 6.07) is 9.73. The average molecular weight is 299 g/mol. The highest BCUT2D eigenvalue weighted by atomic mass is 16.5. The summed E-state index contributed by atoms with van der Waals surface area (Å²) in [5, 5.41) is 11.0. The molecule has 1 N–H and O–H groups in total.